The highest BCUT2D eigenvalue weighted by Gasteiger charge is 2.40. The topological polar surface area (TPSA) is 111 Å². The lowest BCUT2D eigenvalue weighted by molar-refractivity contribution is -0.193. The van der Waals surface area contributed by atoms with Crippen molar-refractivity contribution in [1.82, 2.24) is 24.5 Å². The molecule has 0 radical (unpaired) electrons. The molecule has 1 aromatic heterocycles. The summed E-state index contributed by atoms with van der Waals surface area (Å²) in [5.74, 6) is -4.79. The largest absolute Gasteiger partial charge is 0.490 e. The fourth-order valence-corrected chi connectivity index (χ4v) is 4.85. The zero-order valence-corrected chi connectivity index (χ0v) is 21.8. The number of aromatic nitrogens is 2. The van der Waals surface area contributed by atoms with Gasteiger partial charge in [0, 0.05) is 71.2 Å². The molecule has 0 spiro atoms. The van der Waals surface area contributed by atoms with E-state index in [9.17, 15) is 26.3 Å². The number of carboxylic acid groups (broad SMARTS) is 2. The highest BCUT2D eigenvalue weighted by Crippen LogP contribution is 2.29. The molecule has 224 valence electrons. The molecule has 0 bridgehead atoms. The van der Waals surface area contributed by atoms with Gasteiger partial charge in [0.15, 0.2) is 0 Å². The number of carbonyl (C=O) groups is 2. The standard InChI is InChI=1S/C19H33N5O.2C2HF3O2/c1-21-6-8-23(9-7-21)18-3-5-24(14-16-4-10-25-15-16)19(18)11-17-12-20-22(2)13-17;2*3-2(4,5)1(6)7/h12-13,16,18-19H,3-11,14-15H2,1-2H3;2*(H,6,7)/t16?,18-,19+;;/m1../s1. The maximum atomic E-state index is 10.6. The molecule has 3 atom stereocenters. The molecule has 3 fully saturated rings. The molecule has 39 heavy (non-hydrogen) atoms. The van der Waals surface area contributed by atoms with Crippen molar-refractivity contribution in [2.75, 3.05) is 59.5 Å². The van der Waals surface area contributed by atoms with Gasteiger partial charge in [-0.05, 0) is 37.8 Å². The first kappa shape index (κ1) is 32.8. The van der Waals surface area contributed by atoms with Crippen LogP contribution in [0.1, 0.15) is 18.4 Å². The van der Waals surface area contributed by atoms with Crippen LogP contribution in [0.15, 0.2) is 12.4 Å². The first-order chi connectivity index (χ1) is 18.1. The molecule has 2 N–H and O–H groups in total. The van der Waals surface area contributed by atoms with Crippen molar-refractivity contribution in [3.8, 4) is 0 Å². The van der Waals surface area contributed by atoms with Crippen LogP contribution in [-0.4, -0.2) is 131 Å². The van der Waals surface area contributed by atoms with E-state index in [2.05, 4.69) is 39.2 Å². The third kappa shape index (κ3) is 10.9. The van der Waals surface area contributed by atoms with Crippen LogP contribution in [0.4, 0.5) is 26.3 Å². The minimum absolute atomic E-state index is 0.619. The van der Waals surface area contributed by atoms with Gasteiger partial charge in [0.2, 0.25) is 0 Å². The minimum Gasteiger partial charge on any atom is -0.475 e. The molecular weight excluding hydrogens is 540 g/mol. The first-order valence-corrected chi connectivity index (χ1v) is 12.4. The highest BCUT2D eigenvalue weighted by atomic mass is 19.4. The fraction of sp³-hybridized carbons (Fsp3) is 0.783. The van der Waals surface area contributed by atoms with Crippen molar-refractivity contribution in [1.29, 1.82) is 0 Å². The van der Waals surface area contributed by atoms with Gasteiger partial charge < -0.3 is 19.8 Å². The summed E-state index contributed by atoms with van der Waals surface area (Å²) in [5, 5.41) is 18.6. The first-order valence-electron chi connectivity index (χ1n) is 12.4. The van der Waals surface area contributed by atoms with E-state index in [0.29, 0.717) is 12.1 Å². The highest BCUT2D eigenvalue weighted by molar-refractivity contribution is 5.73. The predicted molar refractivity (Wildman–Crippen MR) is 126 cm³/mol. The Kier molecular flexibility index (Phi) is 12.0. The lowest BCUT2D eigenvalue weighted by Gasteiger charge is -2.40. The second-order valence-corrected chi connectivity index (χ2v) is 9.82. The van der Waals surface area contributed by atoms with Crippen LogP contribution in [0.2, 0.25) is 0 Å². The van der Waals surface area contributed by atoms with Gasteiger partial charge in [0.05, 0.1) is 12.8 Å². The van der Waals surface area contributed by atoms with Gasteiger partial charge in [0.25, 0.3) is 0 Å². The molecule has 3 aliphatic heterocycles. The van der Waals surface area contributed by atoms with E-state index in [0.717, 1.165) is 25.6 Å². The van der Waals surface area contributed by atoms with Crippen LogP contribution in [0.3, 0.4) is 0 Å². The number of carboxylic acids is 2. The number of rotatable bonds is 5. The Morgan fingerprint density at radius 2 is 1.54 bits per heavy atom. The Balaban J connectivity index is 0.000000317. The second-order valence-electron chi connectivity index (χ2n) is 9.82. The smallest absolute Gasteiger partial charge is 0.475 e. The maximum Gasteiger partial charge on any atom is 0.490 e. The second kappa shape index (κ2) is 14.3. The van der Waals surface area contributed by atoms with Crippen LogP contribution in [-0.2, 0) is 27.8 Å². The molecule has 4 rings (SSSR count). The quantitative estimate of drug-likeness (QED) is 0.509. The van der Waals surface area contributed by atoms with Gasteiger partial charge in [-0.3, -0.25) is 14.5 Å². The van der Waals surface area contributed by atoms with Crippen LogP contribution in [0.25, 0.3) is 0 Å². The molecule has 0 amide bonds. The monoisotopic (exact) mass is 575 g/mol. The van der Waals surface area contributed by atoms with Gasteiger partial charge >= 0.3 is 24.3 Å². The zero-order chi connectivity index (χ0) is 29.4. The Labute approximate surface area is 222 Å². The average molecular weight is 576 g/mol. The van der Waals surface area contributed by atoms with Crippen molar-refractivity contribution < 1.29 is 50.9 Å². The van der Waals surface area contributed by atoms with E-state index >= 15 is 0 Å². The normalized spacial score (nSPS) is 25.0. The summed E-state index contributed by atoms with van der Waals surface area (Å²) in [7, 11) is 4.26. The van der Waals surface area contributed by atoms with Crippen molar-refractivity contribution in [2.45, 2.75) is 43.7 Å². The van der Waals surface area contributed by atoms with E-state index in [1.165, 1.54) is 57.7 Å². The number of piperazine rings is 1. The van der Waals surface area contributed by atoms with Gasteiger partial charge in [-0.1, -0.05) is 0 Å². The van der Waals surface area contributed by atoms with E-state index < -0.39 is 24.3 Å². The number of halogens is 6. The van der Waals surface area contributed by atoms with E-state index in [-0.39, 0.29) is 0 Å². The lowest BCUT2D eigenvalue weighted by Crippen LogP contribution is -2.53. The number of aliphatic carboxylic acids is 2. The summed E-state index contributed by atoms with van der Waals surface area (Å²) in [6.45, 7) is 9.17. The summed E-state index contributed by atoms with van der Waals surface area (Å²) in [4.78, 5) is 25.8. The van der Waals surface area contributed by atoms with Crippen molar-refractivity contribution in [3.63, 3.8) is 0 Å². The number of alkyl halides is 6. The number of nitrogens with zero attached hydrogens (tertiary/aromatic N) is 5. The predicted octanol–water partition coefficient (Wildman–Crippen LogP) is 1.96. The Bertz CT molecular complexity index is 890. The Morgan fingerprint density at radius 3 is 1.97 bits per heavy atom. The van der Waals surface area contributed by atoms with Gasteiger partial charge in [-0.2, -0.15) is 31.4 Å². The fourth-order valence-electron chi connectivity index (χ4n) is 4.85. The van der Waals surface area contributed by atoms with Gasteiger partial charge in [0.1, 0.15) is 0 Å². The zero-order valence-electron chi connectivity index (χ0n) is 21.8. The third-order valence-electron chi connectivity index (χ3n) is 6.84. The molecule has 0 saturated carbocycles. The van der Waals surface area contributed by atoms with Gasteiger partial charge in [-0.15, -0.1) is 0 Å². The molecule has 1 unspecified atom stereocenters. The summed E-state index contributed by atoms with van der Waals surface area (Å²) < 4.78 is 71.0. The van der Waals surface area contributed by atoms with E-state index in [1.807, 2.05) is 11.7 Å². The lowest BCUT2D eigenvalue weighted by atomic mass is 9.99. The van der Waals surface area contributed by atoms with E-state index in [4.69, 9.17) is 24.5 Å². The summed E-state index contributed by atoms with van der Waals surface area (Å²) in [6.07, 6.45) is -2.26. The number of hydrogen-bond donors (Lipinski definition) is 2. The number of ether oxygens (including phenoxy) is 1. The Morgan fingerprint density at radius 1 is 0.974 bits per heavy atom. The molecule has 3 saturated heterocycles. The molecule has 3 aliphatic rings. The molecular formula is C23H35F6N5O5. The van der Waals surface area contributed by atoms with Crippen molar-refractivity contribution >= 4 is 11.9 Å². The summed E-state index contributed by atoms with van der Waals surface area (Å²) >= 11 is 0. The molecule has 4 heterocycles. The Hall–Kier alpha value is -2.43. The van der Waals surface area contributed by atoms with Crippen LogP contribution < -0.4 is 0 Å². The van der Waals surface area contributed by atoms with Crippen LogP contribution >= 0.6 is 0 Å². The van der Waals surface area contributed by atoms with Gasteiger partial charge in [-0.25, -0.2) is 9.59 Å². The molecule has 10 nitrogen and oxygen atoms in total. The molecule has 0 aliphatic carbocycles. The SMILES string of the molecule is CN1CCN([C@@H]2CCN(CC3CCOC3)[C@H]2Cc2cnn(C)c2)CC1.O=C(O)C(F)(F)F.O=C(O)C(F)(F)F. The maximum absolute atomic E-state index is 10.6. The molecule has 16 heteroatoms. The molecule has 1 aromatic rings. The summed E-state index contributed by atoms with van der Waals surface area (Å²) in [6, 6.07) is 1.31. The van der Waals surface area contributed by atoms with E-state index in [1.54, 1.807) is 0 Å². The van der Waals surface area contributed by atoms with Crippen LogP contribution in [0, 0.1) is 5.92 Å². The van der Waals surface area contributed by atoms with Crippen molar-refractivity contribution in [3.05, 3.63) is 18.0 Å². The average Bonchev–Trinajstić information content (AvgIpc) is 3.58. The third-order valence-corrected chi connectivity index (χ3v) is 6.84. The summed E-state index contributed by atoms with van der Waals surface area (Å²) in [5.41, 5.74) is 1.38. The number of likely N-dealkylation sites (N-methyl/N-ethyl adjacent to an activating group) is 1. The number of aryl methyl sites for hydroxylation is 1. The minimum atomic E-state index is -5.08. The van der Waals surface area contributed by atoms with Crippen molar-refractivity contribution in [2.24, 2.45) is 13.0 Å². The molecule has 0 aromatic carbocycles. The van der Waals surface area contributed by atoms with Crippen LogP contribution in [0.5, 0.6) is 0 Å². The number of hydrogen-bond acceptors (Lipinski definition) is 7. The number of likely N-dealkylation sites (tertiary alicyclic amines) is 1.